The maximum Gasteiger partial charge on any atom is 0.266 e. The van der Waals surface area contributed by atoms with E-state index in [1.165, 1.54) is 11.6 Å². The molecule has 32 heavy (non-hydrogen) atoms. The largest absolute Gasteiger partial charge is 0.493 e. The van der Waals surface area contributed by atoms with Gasteiger partial charge in [-0.2, -0.15) is 5.26 Å². The van der Waals surface area contributed by atoms with Crippen LogP contribution in [-0.4, -0.2) is 13.0 Å². The second-order valence-electron chi connectivity index (χ2n) is 7.27. The molecule has 0 aliphatic carbocycles. The van der Waals surface area contributed by atoms with Crippen molar-refractivity contribution in [2.75, 3.05) is 12.4 Å². The van der Waals surface area contributed by atoms with Crippen LogP contribution in [0.2, 0.25) is 5.02 Å². The number of anilines is 1. The molecule has 0 saturated heterocycles. The lowest BCUT2D eigenvalue weighted by molar-refractivity contribution is -0.112. The van der Waals surface area contributed by atoms with Crippen LogP contribution in [-0.2, 0) is 11.4 Å². The minimum absolute atomic E-state index is 0.0444. The summed E-state index contributed by atoms with van der Waals surface area (Å²) in [6.45, 7) is 4.30. The first-order valence-corrected chi connectivity index (χ1v) is 10.3. The number of hydrogen-bond donors (Lipinski definition) is 1. The summed E-state index contributed by atoms with van der Waals surface area (Å²) in [5.74, 6) is 0.558. The van der Waals surface area contributed by atoms with Gasteiger partial charge < -0.3 is 14.8 Å². The minimum atomic E-state index is -0.522. The van der Waals surface area contributed by atoms with E-state index in [9.17, 15) is 10.1 Å². The third kappa shape index (κ3) is 5.90. The first-order chi connectivity index (χ1) is 15.4. The van der Waals surface area contributed by atoms with Crippen molar-refractivity contribution in [3.05, 3.63) is 93.5 Å². The molecule has 0 radical (unpaired) electrons. The van der Waals surface area contributed by atoms with Crippen LogP contribution in [0.4, 0.5) is 5.69 Å². The van der Waals surface area contributed by atoms with Gasteiger partial charge in [0.1, 0.15) is 18.2 Å². The molecule has 0 fully saturated rings. The van der Waals surface area contributed by atoms with Crippen LogP contribution in [0.5, 0.6) is 11.5 Å². The number of nitriles is 1. The third-order valence-corrected chi connectivity index (χ3v) is 5.22. The van der Waals surface area contributed by atoms with Crippen molar-refractivity contribution < 1.29 is 14.3 Å². The molecular weight excluding hydrogens is 424 g/mol. The lowest BCUT2D eigenvalue weighted by atomic mass is 10.1. The van der Waals surface area contributed by atoms with E-state index in [0.717, 1.165) is 11.1 Å². The van der Waals surface area contributed by atoms with Gasteiger partial charge in [0.25, 0.3) is 5.91 Å². The molecule has 0 saturated carbocycles. The lowest BCUT2D eigenvalue weighted by Gasteiger charge is -2.12. The van der Waals surface area contributed by atoms with Gasteiger partial charge in [-0.25, -0.2) is 0 Å². The number of hydrogen-bond acceptors (Lipinski definition) is 4. The molecule has 162 valence electrons. The number of benzene rings is 3. The van der Waals surface area contributed by atoms with Gasteiger partial charge in [0.05, 0.1) is 7.11 Å². The molecule has 0 heterocycles. The Kier molecular flexibility index (Phi) is 7.54. The van der Waals surface area contributed by atoms with Crippen molar-refractivity contribution >= 4 is 29.3 Å². The Morgan fingerprint density at radius 1 is 1.06 bits per heavy atom. The topological polar surface area (TPSA) is 71.3 Å². The number of nitrogens with one attached hydrogen (secondary N) is 1. The molecule has 0 unspecified atom stereocenters. The highest BCUT2D eigenvalue weighted by atomic mass is 35.5. The summed E-state index contributed by atoms with van der Waals surface area (Å²) in [4.78, 5) is 12.5. The fourth-order valence-electron chi connectivity index (χ4n) is 2.92. The van der Waals surface area contributed by atoms with Gasteiger partial charge in [-0.15, -0.1) is 0 Å². The van der Waals surface area contributed by atoms with Gasteiger partial charge >= 0.3 is 0 Å². The van der Waals surface area contributed by atoms with E-state index in [0.29, 0.717) is 34.4 Å². The van der Waals surface area contributed by atoms with E-state index in [1.807, 2.05) is 44.2 Å². The summed E-state index contributed by atoms with van der Waals surface area (Å²) in [6, 6.07) is 20.4. The van der Waals surface area contributed by atoms with E-state index in [-0.39, 0.29) is 5.57 Å². The molecule has 3 rings (SSSR count). The fourth-order valence-corrected chi connectivity index (χ4v) is 3.10. The Morgan fingerprint density at radius 2 is 1.81 bits per heavy atom. The predicted octanol–water partition coefficient (Wildman–Crippen LogP) is 6.09. The molecule has 6 heteroatoms. The number of halogens is 1. The van der Waals surface area contributed by atoms with Crippen molar-refractivity contribution in [1.82, 2.24) is 0 Å². The highest BCUT2D eigenvalue weighted by Crippen LogP contribution is 2.30. The number of ether oxygens (including phenoxy) is 2. The molecule has 3 aromatic rings. The quantitative estimate of drug-likeness (QED) is 0.352. The first-order valence-electron chi connectivity index (χ1n) is 9.95. The molecule has 0 aliphatic rings. The summed E-state index contributed by atoms with van der Waals surface area (Å²) in [5.41, 5.74) is 4.24. The third-order valence-electron chi connectivity index (χ3n) is 4.81. The molecule has 0 aromatic heterocycles. The van der Waals surface area contributed by atoms with Crippen LogP contribution >= 0.6 is 11.6 Å². The van der Waals surface area contributed by atoms with Gasteiger partial charge in [0.2, 0.25) is 0 Å². The Balaban J connectivity index is 1.75. The highest BCUT2D eigenvalue weighted by molar-refractivity contribution is 6.31. The number of amides is 1. The number of carbonyl (C=O) groups is 1. The molecule has 1 amide bonds. The Labute approximate surface area is 192 Å². The van der Waals surface area contributed by atoms with E-state index in [4.69, 9.17) is 21.1 Å². The summed E-state index contributed by atoms with van der Waals surface area (Å²) >= 11 is 6.10. The number of nitrogens with zero attached hydrogens (tertiary/aromatic N) is 1. The highest BCUT2D eigenvalue weighted by Gasteiger charge is 2.12. The number of methoxy groups -OCH3 is 1. The summed E-state index contributed by atoms with van der Waals surface area (Å²) in [5, 5.41) is 12.7. The Hall–Kier alpha value is -3.75. The normalized spacial score (nSPS) is 10.9. The second kappa shape index (κ2) is 10.5. The van der Waals surface area contributed by atoms with Crippen LogP contribution in [0.15, 0.2) is 66.2 Å². The van der Waals surface area contributed by atoms with Crippen molar-refractivity contribution in [2.24, 2.45) is 0 Å². The van der Waals surface area contributed by atoms with E-state index in [1.54, 1.807) is 43.5 Å². The molecule has 0 aliphatic heterocycles. The second-order valence-corrected chi connectivity index (χ2v) is 7.68. The fraction of sp³-hybridized carbons (Fsp3) is 0.154. The summed E-state index contributed by atoms with van der Waals surface area (Å²) in [7, 11) is 1.54. The van der Waals surface area contributed by atoms with E-state index in [2.05, 4.69) is 5.32 Å². The SMILES string of the molecule is COc1cc(/C=C(/C#N)C(=O)Nc2ccc(C)c(Cl)c2)ccc1OCc1ccc(C)cc1. The van der Waals surface area contributed by atoms with Crippen LogP contribution in [0, 0.1) is 25.2 Å². The Bertz CT molecular complexity index is 1190. The smallest absolute Gasteiger partial charge is 0.266 e. The molecule has 3 aromatic carbocycles. The van der Waals surface area contributed by atoms with Gasteiger partial charge in [-0.05, 0) is 60.9 Å². The number of carbonyl (C=O) groups excluding carboxylic acids is 1. The molecule has 0 bridgehead atoms. The average Bonchev–Trinajstić information content (AvgIpc) is 2.79. The van der Waals surface area contributed by atoms with Gasteiger partial charge in [-0.1, -0.05) is 53.6 Å². The first kappa shape index (κ1) is 22.9. The maximum absolute atomic E-state index is 12.5. The minimum Gasteiger partial charge on any atom is -0.493 e. The lowest BCUT2D eigenvalue weighted by Crippen LogP contribution is -2.13. The number of aryl methyl sites for hydroxylation is 2. The average molecular weight is 447 g/mol. The van der Waals surface area contributed by atoms with E-state index < -0.39 is 5.91 Å². The van der Waals surface area contributed by atoms with E-state index >= 15 is 0 Å². The van der Waals surface area contributed by atoms with Crippen molar-refractivity contribution in [3.63, 3.8) is 0 Å². The monoisotopic (exact) mass is 446 g/mol. The van der Waals surface area contributed by atoms with Crippen LogP contribution in [0.3, 0.4) is 0 Å². The van der Waals surface area contributed by atoms with Crippen LogP contribution in [0.1, 0.15) is 22.3 Å². The number of rotatable bonds is 7. The van der Waals surface area contributed by atoms with Gasteiger partial charge in [0.15, 0.2) is 11.5 Å². The van der Waals surface area contributed by atoms with Gasteiger partial charge in [-0.3, -0.25) is 4.79 Å². The zero-order valence-corrected chi connectivity index (χ0v) is 18.9. The zero-order valence-electron chi connectivity index (χ0n) is 18.1. The van der Waals surface area contributed by atoms with Crippen molar-refractivity contribution in [3.8, 4) is 17.6 Å². The predicted molar refractivity (Wildman–Crippen MR) is 127 cm³/mol. The van der Waals surface area contributed by atoms with Crippen molar-refractivity contribution in [2.45, 2.75) is 20.5 Å². The molecule has 5 nitrogen and oxygen atoms in total. The summed E-state index contributed by atoms with van der Waals surface area (Å²) < 4.78 is 11.3. The van der Waals surface area contributed by atoms with Crippen molar-refractivity contribution in [1.29, 1.82) is 5.26 Å². The Morgan fingerprint density at radius 3 is 2.47 bits per heavy atom. The molecule has 1 N–H and O–H groups in total. The molecule has 0 spiro atoms. The summed E-state index contributed by atoms with van der Waals surface area (Å²) in [6.07, 6.45) is 1.50. The standard InChI is InChI=1S/C26H23ClN2O3/c1-17-4-7-19(8-5-17)16-32-24-11-9-20(13-25(24)31-3)12-21(15-28)26(30)29-22-10-6-18(2)23(27)14-22/h4-14H,16H2,1-3H3,(H,29,30)/b21-12-. The van der Waals surface area contributed by atoms with Gasteiger partial charge in [0, 0.05) is 10.7 Å². The van der Waals surface area contributed by atoms with Crippen LogP contribution in [0.25, 0.3) is 6.08 Å². The zero-order chi connectivity index (χ0) is 23.1. The van der Waals surface area contributed by atoms with Crippen LogP contribution < -0.4 is 14.8 Å². The molecular formula is C26H23ClN2O3. The maximum atomic E-state index is 12.5. The molecule has 0 atom stereocenters.